The molecule has 0 saturated carbocycles. The van der Waals surface area contributed by atoms with Crippen LogP contribution in [0.2, 0.25) is 5.02 Å². The van der Waals surface area contributed by atoms with Gasteiger partial charge in [-0.05, 0) is 12.1 Å². The van der Waals surface area contributed by atoms with Crippen molar-refractivity contribution in [1.29, 1.82) is 0 Å². The first-order valence-corrected chi connectivity index (χ1v) is 6.85. The fraction of sp³-hybridized carbons (Fsp3) is 0.143. The largest absolute Gasteiger partial charge is 0.438 e. The number of benzene rings is 1. The highest BCUT2D eigenvalue weighted by atomic mass is 35.5. The third-order valence-corrected chi connectivity index (χ3v) is 3.30. The molecule has 0 unspecified atom stereocenters. The SMILES string of the molecule is O=S(O)(O)=[S+]COc1ccccc1Cl. The molecule has 1 aromatic carbocycles. The Bertz CT molecular complexity index is 417. The average Bonchev–Trinajstić information content (AvgIpc) is 2.06. The zero-order valence-corrected chi connectivity index (χ0v) is 9.31. The van der Waals surface area contributed by atoms with Crippen LogP contribution < -0.4 is 4.74 Å². The van der Waals surface area contributed by atoms with E-state index in [2.05, 4.69) is 0 Å². The van der Waals surface area contributed by atoms with Gasteiger partial charge in [0, 0.05) is 0 Å². The molecule has 0 aliphatic heterocycles. The molecule has 0 atom stereocenters. The number of rotatable bonds is 3. The third kappa shape index (κ3) is 4.21. The van der Waals surface area contributed by atoms with Crippen molar-refractivity contribution in [1.82, 2.24) is 0 Å². The summed E-state index contributed by atoms with van der Waals surface area (Å²) in [6.07, 6.45) is 0. The molecule has 0 amide bonds. The van der Waals surface area contributed by atoms with E-state index in [4.69, 9.17) is 25.4 Å². The normalized spacial score (nSPS) is 11.1. The van der Waals surface area contributed by atoms with Crippen molar-refractivity contribution in [3.05, 3.63) is 29.3 Å². The predicted molar refractivity (Wildman–Crippen MR) is 57.7 cm³/mol. The molecule has 7 heteroatoms. The summed E-state index contributed by atoms with van der Waals surface area (Å²) in [5.41, 5.74) is 0. The highest BCUT2D eigenvalue weighted by Gasteiger charge is 2.10. The van der Waals surface area contributed by atoms with Crippen LogP contribution in [0.5, 0.6) is 5.75 Å². The van der Waals surface area contributed by atoms with Crippen molar-refractivity contribution < 1.29 is 18.1 Å². The van der Waals surface area contributed by atoms with Gasteiger partial charge in [-0.15, -0.1) is 0 Å². The molecule has 0 aliphatic carbocycles. The second-order valence-electron chi connectivity index (χ2n) is 2.26. The van der Waals surface area contributed by atoms with E-state index in [0.717, 1.165) is 0 Å². The van der Waals surface area contributed by atoms with E-state index in [-0.39, 0.29) is 5.94 Å². The van der Waals surface area contributed by atoms with E-state index in [0.29, 0.717) is 21.1 Å². The lowest BCUT2D eigenvalue weighted by Gasteiger charge is -1.99. The molecule has 0 saturated heterocycles. The maximum absolute atomic E-state index is 10.4. The molecule has 0 spiro atoms. The maximum atomic E-state index is 10.4. The first-order valence-electron chi connectivity index (χ1n) is 3.50. The van der Waals surface area contributed by atoms with Gasteiger partial charge >= 0.3 is 25.3 Å². The first kappa shape index (κ1) is 11.7. The summed E-state index contributed by atoms with van der Waals surface area (Å²) in [7, 11) is -3.41. The van der Waals surface area contributed by atoms with Gasteiger partial charge in [0.05, 0.1) is 5.02 Å². The topological polar surface area (TPSA) is 66.8 Å². The fourth-order valence-electron chi connectivity index (χ4n) is 0.712. The van der Waals surface area contributed by atoms with Gasteiger partial charge in [0.25, 0.3) is 0 Å². The van der Waals surface area contributed by atoms with Crippen LogP contribution in [0.4, 0.5) is 0 Å². The Morgan fingerprint density at radius 1 is 1.43 bits per heavy atom. The molecule has 4 nitrogen and oxygen atoms in total. The fourth-order valence-corrected chi connectivity index (χ4v) is 1.72. The van der Waals surface area contributed by atoms with Gasteiger partial charge in [0.15, 0.2) is 0 Å². The van der Waals surface area contributed by atoms with E-state index in [9.17, 15) is 4.21 Å². The Kier molecular flexibility index (Phi) is 4.09. The van der Waals surface area contributed by atoms with Crippen molar-refractivity contribution >= 4 is 31.0 Å². The maximum Gasteiger partial charge on any atom is 0.434 e. The lowest BCUT2D eigenvalue weighted by Crippen LogP contribution is -2.03. The standard InChI is InChI=1S/C7H7ClO4S2/c8-6-3-1-2-4-7(6)12-5-13-14(9,10)11/h1-4H,5H2,(H-,9,10,11)/p+1. The summed E-state index contributed by atoms with van der Waals surface area (Å²) in [5, 5.41) is 0.412. The van der Waals surface area contributed by atoms with Crippen LogP contribution in [0.25, 0.3) is 0 Å². The molecule has 14 heavy (non-hydrogen) atoms. The van der Waals surface area contributed by atoms with Crippen molar-refractivity contribution in [3.8, 4) is 5.75 Å². The molecule has 0 radical (unpaired) electrons. The molecule has 0 heterocycles. The quantitative estimate of drug-likeness (QED) is 0.640. The number of hydrogen-bond donors (Lipinski definition) is 2. The van der Waals surface area contributed by atoms with Crippen molar-refractivity contribution in [3.63, 3.8) is 0 Å². The smallest absolute Gasteiger partial charge is 0.434 e. The van der Waals surface area contributed by atoms with Crippen LogP contribution in [-0.4, -0.2) is 19.3 Å². The van der Waals surface area contributed by atoms with E-state index >= 15 is 0 Å². The van der Waals surface area contributed by atoms with Gasteiger partial charge < -0.3 is 4.74 Å². The minimum Gasteiger partial charge on any atom is -0.438 e. The summed E-state index contributed by atoms with van der Waals surface area (Å²) in [6.45, 7) is 0. The molecule has 78 valence electrons. The molecule has 0 fully saturated rings. The van der Waals surface area contributed by atoms with E-state index in [1.54, 1.807) is 24.3 Å². The monoisotopic (exact) mass is 255 g/mol. The Morgan fingerprint density at radius 3 is 2.64 bits per heavy atom. The number of halogens is 1. The van der Waals surface area contributed by atoms with Gasteiger partial charge in [0.1, 0.15) is 5.75 Å². The highest BCUT2D eigenvalue weighted by molar-refractivity contribution is 8.33. The molecular formula is C7H8ClO4S2+. The minimum atomic E-state index is -3.81. The van der Waals surface area contributed by atoms with Crippen LogP contribution in [0.1, 0.15) is 0 Å². The molecule has 0 bridgehead atoms. The Labute approximate surface area is 90.1 Å². The molecule has 1 aromatic rings. The van der Waals surface area contributed by atoms with E-state index in [1.165, 1.54) is 0 Å². The molecule has 1 rings (SSSR count). The summed E-state index contributed by atoms with van der Waals surface area (Å²) in [4.78, 5) is 0. The second-order valence-corrected chi connectivity index (χ2v) is 6.04. The lowest BCUT2D eigenvalue weighted by molar-refractivity contribution is 0.393. The second kappa shape index (κ2) is 4.90. The van der Waals surface area contributed by atoms with Crippen LogP contribution >= 0.6 is 11.6 Å². The summed E-state index contributed by atoms with van der Waals surface area (Å²) < 4.78 is 32.5. The van der Waals surface area contributed by atoms with Crippen molar-refractivity contribution in [2.75, 3.05) is 5.94 Å². The lowest BCUT2D eigenvalue weighted by atomic mass is 10.3. The third-order valence-electron chi connectivity index (χ3n) is 1.25. The van der Waals surface area contributed by atoms with Gasteiger partial charge in [-0.25, -0.2) is 0 Å². The molecular weight excluding hydrogens is 248 g/mol. The van der Waals surface area contributed by atoms with Crippen LogP contribution in [-0.2, 0) is 19.4 Å². The first-order chi connectivity index (χ1) is 6.49. The van der Waals surface area contributed by atoms with Crippen LogP contribution in [0, 0.1) is 0 Å². The van der Waals surface area contributed by atoms with Gasteiger partial charge in [0.2, 0.25) is 0 Å². The zero-order valence-electron chi connectivity index (χ0n) is 6.92. The van der Waals surface area contributed by atoms with Gasteiger partial charge in [-0.1, -0.05) is 23.7 Å². The number of hydrogen-bond acceptors (Lipinski definition) is 2. The Morgan fingerprint density at radius 2 is 2.07 bits per heavy atom. The van der Waals surface area contributed by atoms with E-state index < -0.39 is 9.05 Å². The van der Waals surface area contributed by atoms with Gasteiger partial charge in [-0.3, -0.25) is 9.11 Å². The summed E-state index contributed by atoms with van der Waals surface area (Å²) in [6, 6.07) is 6.72. The number of ether oxygens (including phenoxy) is 1. The van der Waals surface area contributed by atoms with Crippen molar-refractivity contribution in [2.24, 2.45) is 0 Å². The molecule has 2 N–H and O–H groups in total. The Hall–Kier alpha value is -0.400. The Balaban J connectivity index is 2.64. The van der Waals surface area contributed by atoms with Crippen LogP contribution in [0.3, 0.4) is 0 Å². The van der Waals surface area contributed by atoms with E-state index in [1.807, 2.05) is 0 Å². The molecule has 0 aliphatic rings. The predicted octanol–water partition coefficient (Wildman–Crippen LogP) is 1.90. The summed E-state index contributed by atoms with van der Waals surface area (Å²) in [5.74, 6) is 0.264. The highest BCUT2D eigenvalue weighted by Crippen LogP contribution is 2.22. The average molecular weight is 256 g/mol. The van der Waals surface area contributed by atoms with Crippen LogP contribution in [0.15, 0.2) is 24.3 Å². The number of para-hydroxylation sites is 1. The van der Waals surface area contributed by atoms with Gasteiger partial charge in [-0.2, -0.15) is 4.21 Å². The minimum absolute atomic E-state index is 0.143. The van der Waals surface area contributed by atoms with Crippen molar-refractivity contribution in [2.45, 2.75) is 0 Å². The molecule has 0 aromatic heterocycles. The summed E-state index contributed by atoms with van der Waals surface area (Å²) >= 11 is 5.74. The zero-order chi connectivity index (χ0) is 10.6.